The Bertz CT molecular complexity index is 341. The number of nitrogens with zero attached hydrogens (tertiary/aromatic N) is 1. The van der Waals surface area contributed by atoms with Crippen molar-refractivity contribution in [1.29, 1.82) is 0 Å². The van der Waals surface area contributed by atoms with Crippen LogP contribution in [0.1, 0.15) is 34.6 Å². The molecule has 0 unspecified atom stereocenters. The maximum atomic E-state index is 11.4. The second kappa shape index (κ2) is 2.66. The minimum Gasteiger partial charge on any atom is -0.295 e. The standard InChI is InChI=1S/C9H11NOS/c1-6-5-7-8(10(6)12)3-2-4-9(7)11/h5,12H,2-4H2,1H3. The van der Waals surface area contributed by atoms with Gasteiger partial charge in [0.1, 0.15) is 0 Å². The van der Waals surface area contributed by atoms with Gasteiger partial charge >= 0.3 is 0 Å². The van der Waals surface area contributed by atoms with Crippen molar-refractivity contribution in [3.8, 4) is 0 Å². The van der Waals surface area contributed by atoms with Crippen molar-refractivity contribution in [1.82, 2.24) is 3.97 Å². The van der Waals surface area contributed by atoms with E-state index in [2.05, 4.69) is 12.8 Å². The molecule has 0 bridgehead atoms. The van der Waals surface area contributed by atoms with Gasteiger partial charge in [-0.2, -0.15) is 0 Å². The monoisotopic (exact) mass is 181 g/mol. The van der Waals surface area contributed by atoms with Gasteiger partial charge in [0.2, 0.25) is 0 Å². The topological polar surface area (TPSA) is 22.0 Å². The van der Waals surface area contributed by atoms with Gasteiger partial charge in [-0.05, 0) is 25.8 Å². The van der Waals surface area contributed by atoms with E-state index < -0.39 is 0 Å². The molecule has 1 aromatic heterocycles. The van der Waals surface area contributed by atoms with E-state index in [0.717, 1.165) is 29.8 Å². The van der Waals surface area contributed by atoms with Gasteiger partial charge in [0.05, 0.1) is 0 Å². The van der Waals surface area contributed by atoms with Crippen LogP contribution in [0, 0.1) is 6.92 Å². The molecular weight excluding hydrogens is 170 g/mol. The highest BCUT2D eigenvalue weighted by Crippen LogP contribution is 2.25. The van der Waals surface area contributed by atoms with E-state index in [4.69, 9.17) is 0 Å². The molecule has 0 saturated carbocycles. The molecule has 1 heterocycles. The number of hydrogen-bond donors (Lipinski definition) is 1. The second-order valence-electron chi connectivity index (χ2n) is 3.23. The minimum absolute atomic E-state index is 0.271. The average Bonchev–Trinajstić information content (AvgIpc) is 2.32. The molecule has 0 spiro atoms. The van der Waals surface area contributed by atoms with E-state index >= 15 is 0 Å². The smallest absolute Gasteiger partial charge is 0.164 e. The summed E-state index contributed by atoms with van der Waals surface area (Å²) in [4.78, 5) is 11.4. The molecular formula is C9H11NOS. The highest BCUT2D eigenvalue weighted by Gasteiger charge is 2.21. The first kappa shape index (κ1) is 7.92. The van der Waals surface area contributed by atoms with Crippen LogP contribution in [0.3, 0.4) is 0 Å². The van der Waals surface area contributed by atoms with Crippen molar-refractivity contribution in [3.05, 3.63) is 23.0 Å². The number of carbonyl (C=O) groups is 1. The van der Waals surface area contributed by atoms with Crippen LogP contribution in [-0.2, 0) is 6.42 Å². The lowest BCUT2D eigenvalue weighted by molar-refractivity contribution is 0.0972. The lowest BCUT2D eigenvalue weighted by Crippen LogP contribution is -2.10. The van der Waals surface area contributed by atoms with Crippen LogP contribution in [0.2, 0.25) is 0 Å². The predicted molar refractivity (Wildman–Crippen MR) is 50.8 cm³/mol. The number of thiol groups is 1. The third kappa shape index (κ3) is 1.00. The third-order valence-electron chi connectivity index (χ3n) is 2.37. The number of hydrogen-bond acceptors (Lipinski definition) is 2. The normalized spacial score (nSPS) is 16.3. The number of Topliss-reactive ketones (excluding diaryl/α,β-unsaturated/α-hetero) is 1. The van der Waals surface area contributed by atoms with Gasteiger partial charge in [0.25, 0.3) is 0 Å². The second-order valence-corrected chi connectivity index (χ2v) is 3.63. The van der Waals surface area contributed by atoms with Gasteiger partial charge < -0.3 is 0 Å². The first-order chi connectivity index (χ1) is 5.70. The lowest BCUT2D eigenvalue weighted by Gasteiger charge is -2.11. The molecule has 1 aromatic rings. The molecule has 0 aromatic carbocycles. The molecule has 3 heteroatoms. The zero-order valence-electron chi connectivity index (χ0n) is 7.00. The number of carbonyl (C=O) groups excluding carboxylic acids is 1. The summed E-state index contributed by atoms with van der Waals surface area (Å²) < 4.78 is 1.83. The van der Waals surface area contributed by atoms with Crippen molar-refractivity contribution in [2.24, 2.45) is 0 Å². The van der Waals surface area contributed by atoms with Gasteiger partial charge in [-0.15, -0.1) is 0 Å². The Morgan fingerprint density at radius 3 is 2.92 bits per heavy atom. The summed E-state index contributed by atoms with van der Waals surface area (Å²) in [7, 11) is 0. The predicted octanol–water partition coefficient (Wildman–Crippen LogP) is 2.01. The van der Waals surface area contributed by atoms with E-state index in [9.17, 15) is 4.79 Å². The Kier molecular flexibility index (Phi) is 1.76. The lowest BCUT2D eigenvalue weighted by atomic mass is 9.97. The summed E-state index contributed by atoms with van der Waals surface area (Å²) in [6.07, 6.45) is 2.65. The van der Waals surface area contributed by atoms with E-state index in [1.54, 1.807) is 0 Å². The van der Waals surface area contributed by atoms with Crippen LogP contribution in [0.25, 0.3) is 0 Å². The highest BCUT2D eigenvalue weighted by molar-refractivity contribution is 7.78. The van der Waals surface area contributed by atoms with E-state index in [-0.39, 0.29) is 5.78 Å². The third-order valence-corrected chi connectivity index (χ3v) is 2.93. The fourth-order valence-electron chi connectivity index (χ4n) is 1.71. The number of fused-ring (bicyclic) bond motifs is 1. The van der Waals surface area contributed by atoms with E-state index in [0.29, 0.717) is 6.42 Å². The maximum absolute atomic E-state index is 11.4. The molecule has 1 aliphatic carbocycles. The fourth-order valence-corrected chi connectivity index (χ4v) is 1.98. The highest BCUT2D eigenvalue weighted by atomic mass is 32.1. The molecule has 1 aliphatic rings. The molecule has 0 aliphatic heterocycles. The number of rotatable bonds is 0. The SMILES string of the molecule is Cc1cc2c(n1S)CCCC2=O. The fraction of sp³-hybridized carbons (Fsp3) is 0.444. The molecule has 0 amide bonds. The van der Waals surface area contributed by atoms with Crippen molar-refractivity contribution in [3.63, 3.8) is 0 Å². The summed E-state index contributed by atoms with van der Waals surface area (Å²) in [5.74, 6) is 0.271. The zero-order valence-corrected chi connectivity index (χ0v) is 7.90. The Balaban J connectivity index is 2.60. The van der Waals surface area contributed by atoms with Crippen LogP contribution < -0.4 is 0 Å². The molecule has 2 rings (SSSR count). The molecule has 0 radical (unpaired) electrons. The van der Waals surface area contributed by atoms with Crippen LogP contribution in [0.4, 0.5) is 0 Å². The quantitative estimate of drug-likeness (QED) is 0.608. The minimum atomic E-state index is 0.271. The molecule has 0 fully saturated rings. The van der Waals surface area contributed by atoms with Crippen molar-refractivity contribution >= 4 is 18.6 Å². The number of ketones is 1. The van der Waals surface area contributed by atoms with Crippen LogP contribution in [-0.4, -0.2) is 9.76 Å². The van der Waals surface area contributed by atoms with Gasteiger partial charge in [-0.1, -0.05) is 12.8 Å². The molecule has 0 N–H and O–H groups in total. The summed E-state index contributed by atoms with van der Waals surface area (Å²) in [6.45, 7) is 1.97. The summed E-state index contributed by atoms with van der Waals surface area (Å²) in [5.41, 5.74) is 3.03. The first-order valence-electron chi connectivity index (χ1n) is 4.14. The largest absolute Gasteiger partial charge is 0.295 e. The number of aromatic nitrogens is 1. The van der Waals surface area contributed by atoms with Gasteiger partial charge in [-0.3, -0.25) is 8.77 Å². The van der Waals surface area contributed by atoms with Crippen LogP contribution >= 0.6 is 12.8 Å². The Labute approximate surface area is 77.1 Å². The Hall–Kier alpha value is -0.700. The van der Waals surface area contributed by atoms with Crippen molar-refractivity contribution in [2.75, 3.05) is 0 Å². The summed E-state index contributed by atoms with van der Waals surface area (Å²) >= 11 is 4.31. The van der Waals surface area contributed by atoms with Gasteiger partial charge in [0, 0.05) is 23.4 Å². The maximum Gasteiger partial charge on any atom is 0.164 e. The average molecular weight is 181 g/mol. The molecule has 0 saturated heterocycles. The van der Waals surface area contributed by atoms with Gasteiger partial charge in [0.15, 0.2) is 5.78 Å². The summed E-state index contributed by atoms with van der Waals surface area (Å²) in [5, 5.41) is 0. The van der Waals surface area contributed by atoms with Crippen LogP contribution in [0.15, 0.2) is 6.07 Å². The summed E-state index contributed by atoms with van der Waals surface area (Å²) in [6, 6.07) is 1.93. The Morgan fingerprint density at radius 1 is 1.50 bits per heavy atom. The first-order valence-corrected chi connectivity index (χ1v) is 4.54. The van der Waals surface area contributed by atoms with Crippen LogP contribution in [0.5, 0.6) is 0 Å². The van der Waals surface area contributed by atoms with Gasteiger partial charge in [-0.25, -0.2) is 0 Å². The molecule has 12 heavy (non-hydrogen) atoms. The zero-order chi connectivity index (χ0) is 8.72. The van der Waals surface area contributed by atoms with E-state index in [1.807, 2.05) is 17.0 Å². The molecule has 64 valence electrons. The molecule has 0 atom stereocenters. The number of aryl methyl sites for hydroxylation is 1. The van der Waals surface area contributed by atoms with E-state index in [1.165, 1.54) is 0 Å². The molecule has 2 nitrogen and oxygen atoms in total. The van der Waals surface area contributed by atoms with Crippen molar-refractivity contribution in [2.45, 2.75) is 26.2 Å². The Morgan fingerprint density at radius 2 is 2.25 bits per heavy atom. The van der Waals surface area contributed by atoms with Crippen molar-refractivity contribution < 1.29 is 4.79 Å².